The molecule has 0 heterocycles. The summed E-state index contributed by atoms with van der Waals surface area (Å²) in [5, 5.41) is 24.6. The summed E-state index contributed by atoms with van der Waals surface area (Å²) in [4.78, 5) is 41.0. The van der Waals surface area contributed by atoms with Crippen molar-refractivity contribution >= 4 is 17.3 Å². The second-order valence-corrected chi connectivity index (χ2v) is 12.4. The van der Waals surface area contributed by atoms with Crippen molar-refractivity contribution in [2.45, 2.75) is 62.6 Å². The van der Waals surface area contributed by atoms with Gasteiger partial charge in [-0.1, -0.05) is 109 Å². The highest BCUT2D eigenvalue weighted by atomic mass is 16.3. The molecule has 5 nitrogen and oxygen atoms in total. The molecule has 0 amide bonds. The third-order valence-corrected chi connectivity index (χ3v) is 9.49. The molecule has 0 bridgehead atoms. The summed E-state index contributed by atoms with van der Waals surface area (Å²) in [6.45, 7) is 0. The highest BCUT2D eigenvalue weighted by Gasteiger charge is 2.42. The molecule has 4 aromatic carbocycles. The Hall–Kier alpha value is -4.71. The summed E-state index contributed by atoms with van der Waals surface area (Å²) in [5.41, 5.74) is 0.809. The van der Waals surface area contributed by atoms with Crippen LogP contribution in [0.5, 0.6) is 0 Å². The number of hydrogen-bond donors (Lipinski definition) is 2. The van der Waals surface area contributed by atoms with E-state index in [1.807, 2.05) is 36.4 Å². The van der Waals surface area contributed by atoms with Crippen molar-refractivity contribution in [3.8, 4) is 0 Å². The quantitative estimate of drug-likeness (QED) is 0.156. The van der Waals surface area contributed by atoms with E-state index in [0.717, 1.165) is 25.7 Å². The lowest BCUT2D eigenvalue weighted by Crippen LogP contribution is -2.35. The monoisotopic (exact) mass is 610 g/mol. The lowest BCUT2D eigenvalue weighted by atomic mass is 9.71. The van der Waals surface area contributed by atoms with Crippen molar-refractivity contribution in [3.63, 3.8) is 0 Å². The summed E-state index contributed by atoms with van der Waals surface area (Å²) in [7, 11) is 0. The first-order chi connectivity index (χ1) is 22.3. The van der Waals surface area contributed by atoms with Crippen LogP contribution < -0.4 is 0 Å². The fourth-order valence-corrected chi connectivity index (χ4v) is 7.04. The van der Waals surface area contributed by atoms with E-state index in [2.05, 4.69) is 0 Å². The zero-order valence-corrected chi connectivity index (χ0v) is 25.8. The normalized spacial score (nSPS) is 23.3. The average Bonchev–Trinajstić information content (AvgIpc) is 3.10. The molecule has 0 spiro atoms. The summed E-state index contributed by atoms with van der Waals surface area (Å²) in [5.74, 6) is -0.699. The molecule has 46 heavy (non-hydrogen) atoms. The lowest BCUT2D eigenvalue weighted by Gasteiger charge is -2.38. The lowest BCUT2D eigenvalue weighted by molar-refractivity contribution is 0.0456. The van der Waals surface area contributed by atoms with Gasteiger partial charge in [-0.2, -0.15) is 0 Å². The Bertz CT molecular complexity index is 1690. The maximum atomic E-state index is 14.6. The first-order valence-corrected chi connectivity index (χ1v) is 16.1. The van der Waals surface area contributed by atoms with Gasteiger partial charge in [-0.3, -0.25) is 14.4 Å². The summed E-state index contributed by atoms with van der Waals surface area (Å²) in [6.07, 6.45) is 8.07. The molecule has 0 aromatic heterocycles. The Labute approximate surface area is 269 Å². The molecule has 2 N–H and O–H groups in total. The van der Waals surface area contributed by atoms with Crippen LogP contribution >= 0.6 is 0 Å². The minimum atomic E-state index is -1.50. The molecule has 0 aliphatic heterocycles. The second-order valence-electron chi connectivity index (χ2n) is 12.4. The molecule has 0 saturated heterocycles. The average molecular weight is 611 g/mol. The number of carbonyl (C=O) groups excluding carboxylic acids is 3. The van der Waals surface area contributed by atoms with E-state index in [4.69, 9.17) is 0 Å². The number of allylic oxidation sites excluding steroid dienone is 2. The van der Waals surface area contributed by atoms with Crippen LogP contribution in [0.3, 0.4) is 0 Å². The van der Waals surface area contributed by atoms with Crippen molar-refractivity contribution in [3.05, 3.63) is 166 Å². The van der Waals surface area contributed by atoms with Gasteiger partial charge in [0.25, 0.3) is 0 Å². The molecular weight excluding hydrogens is 572 g/mol. The van der Waals surface area contributed by atoms with Gasteiger partial charge in [0.15, 0.2) is 17.3 Å². The summed E-state index contributed by atoms with van der Waals surface area (Å²) < 4.78 is 0. The zero-order valence-electron chi connectivity index (χ0n) is 25.8. The first kappa shape index (κ1) is 31.3. The highest BCUT2D eigenvalue weighted by molar-refractivity contribution is 6.11. The van der Waals surface area contributed by atoms with Crippen molar-refractivity contribution in [2.24, 2.45) is 0 Å². The summed E-state index contributed by atoms with van der Waals surface area (Å²) >= 11 is 0. The molecule has 4 aromatic rings. The van der Waals surface area contributed by atoms with Crippen molar-refractivity contribution < 1.29 is 24.6 Å². The molecular formula is C41H38O5. The predicted molar refractivity (Wildman–Crippen MR) is 179 cm³/mol. The highest BCUT2D eigenvalue weighted by Crippen LogP contribution is 2.46. The van der Waals surface area contributed by atoms with E-state index < -0.39 is 11.2 Å². The molecule has 2 aliphatic carbocycles. The predicted octanol–water partition coefficient (Wildman–Crippen LogP) is 8.06. The molecule has 2 unspecified atom stereocenters. The minimum Gasteiger partial charge on any atom is -0.381 e. The van der Waals surface area contributed by atoms with Gasteiger partial charge >= 0.3 is 0 Å². The molecule has 2 fully saturated rings. The van der Waals surface area contributed by atoms with Crippen LogP contribution in [-0.4, -0.2) is 27.6 Å². The second kappa shape index (κ2) is 13.3. The van der Waals surface area contributed by atoms with Crippen molar-refractivity contribution in [1.82, 2.24) is 0 Å². The van der Waals surface area contributed by atoms with E-state index in [1.54, 1.807) is 72.8 Å². The largest absolute Gasteiger partial charge is 0.381 e. The van der Waals surface area contributed by atoms with E-state index in [-0.39, 0.29) is 17.3 Å². The van der Waals surface area contributed by atoms with Gasteiger partial charge in [-0.25, -0.2) is 0 Å². The number of aliphatic hydroxyl groups is 2. The van der Waals surface area contributed by atoms with Crippen LogP contribution in [0.2, 0.25) is 0 Å². The maximum absolute atomic E-state index is 14.6. The van der Waals surface area contributed by atoms with Crippen molar-refractivity contribution in [2.75, 3.05) is 0 Å². The Morgan fingerprint density at radius 3 is 1.28 bits per heavy atom. The minimum absolute atomic E-state index is 0.186. The number of carbonyl (C=O) groups is 3. The van der Waals surface area contributed by atoms with Crippen molar-refractivity contribution in [1.29, 1.82) is 0 Å². The molecule has 5 heteroatoms. The third kappa shape index (κ3) is 6.09. The van der Waals surface area contributed by atoms with Gasteiger partial charge in [0.1, 0.15) is 11.2 Å². The fourth-order valence-electron chi connectivity index (χ4n) is 7.04. The van der Waals surface area contributed by atoms with E-state index in [1.165, 1.54) is 12.2 Å². The van der Waals surface area contributed by atoms with Gasteiger partial charge in [0.2, 0.25) is 0 Å². The summed E-state index contributed by atoms with van der Waals surface area (Å²) in [6, 6.07) is 32.0. The van der Waals surface area contributed by atoms with Gasteiger partial charge in [0.05, 0.1) is 0 Å². The van der Waals surface area contributed by atoms with Gasteiger partial charge in [-0.05, 0) is 85.8 Å². The van der Waals surface area contributed by atoms with Crippen LogP contribution in [0.25, 0.3) is 0 Å². The van der Waals surface area contributed by atoms with Crippen LogP contribution in [-0.2, 0) is 11.2 Å². The standard InChI is InChI=1S/C41H38O5/c42-37(29-15-3-1-4-16-29)27-31-19-11-13-25-40(31,45)35-23-9-7-21-33(35)39(44)34-22-8-10-24-36(34)41(46)26-14-12-20-32(41)28-38(43)30-17-5-2-6-18-30/h1-10,15-18,21-24,27-28,45-46H,11-14,19-20,25-26H2. The Morgan fingerprint density at radius 1 is 0.500 bits per heavy atom. The molecule has 2 saturated carbocycles. The van der Waals surface area contributed by atoms with Gasteiger partial charge < -0.3 is 10.2 Å². The van der Waals surface area contributed by atoms with Gasteiger partial charge in [0, 0.05) is 22.3 Å². The number of benzene rings is 4. The molecule has 232 valence electrons. The number of rotatable bonds is 8. The van der Waals surface area contributed by atoms with Crippen LogP contribution in [0.15, 0.2) is 132 Å². The Morgan fingerprint density at radius 2 is 0.870 bits per heavy atom. The number of ketones is 3. The molecule has 2 atom stereocenters. The number of hydrogen-bond acceptors (Lipinski definition) is 5. The Kier molecular flexibility index (Phi) is 9.07. The van der Waals surface area contributed by atoms with E-state index in [9.17, 15) is 24.6 Å². The molecule has 0 radical (unpaired) electrons. The first-order valence-electron chi connectivity index (χ1n) is 16.1. The van der Waals surface area contributed by atoms with Crippen LogP contribution in [0.1, 0.15) is 99.1 Å². The topological polar surface area (TPSA) is 91.7 Å². The smallest absolute Gasteiger partial charge is 0.193 e. The zero-order chi connectivity index (χ0) is 32.1. The maximum Gasteiger partial charge on any atom is 0.193 e. The van der Waals surface area contributed by atoms with E-state index in [0.29, 0.717) is 70.2 Å². The SMILES string of the molecule is O=C(C=C1CCCCC1(O)c1ccccc1C(=O)c1ccccc1C1(O)CCCCC1=CC(=O)c1ccccc1)c1ccccc1. The van der Waals surface area contributed by atoms with E-state index >= 15 is 0 Å². The Balaban J connectivity index is 1.41. The van der Waals surface area contributed by atoms with Gasteiger partial charge in [-0.15, -0.1) is 0 Å². The van der Waals surface area contributed by atoms with Crippen LogP contribution in [0.4, 0.5) is 0 Å². The van der Waals surface area contributed by atoms with Crippen LogP contribution in [0, 0.1) is 0 Å². The molecule has 2 aliphatic rings. The third-order valence-electron chi connectivity index (χ3n) is 9.49. The fraction of sp³-hybridized carbons (Fsp3) is 0.244. The molecule has 6 rings (SSSR count).